The van der Waals surface area contributed by atoms with Gasteiger partial charge in [-0.15, -0.1) is 12.4 Å². The molecule has 1 fully saturated rings. The lowest BCUT2D eigenvalue weighted by Crippen LogP contribution is -2.39. The van der Waals surface area contributed by atoms with Crippen LogP contribution in [-0.4, -0.2) is 43.5 Å². The molecular weight excluding hydrogens is 262 g/mol. The van der Waals surface area contributed by atoms with E-state index < -0.39 is 0 Å². The lowest BCUT2D eigenvalue weighted by atomic mass is 9.96. The van der Waals surface area contributed by atoms with Gasteiger partial charge in [0.05, 0.1) is 0 Å². The van der Waals surface area contributed by atoms with Crippen LogP contribution in [0.25, 0.3) is 0 Å². The van der Waals surface area contributed by atoms with E-state index >= 15 is 0 Å². The summed E-state index contributed by atoms with van der Waals surface area (Å²) in [5.41, 5.74) is 5.35. The van der Waals surface area contributed by atoms with Gasteiger partial charge < -0.3 is 16.0 Å². The first kappa shape index (κ1) is 18.7. The van der Waals surface area contributed by atoms with Crippen LogP contribution in [0.2, 0.25) is 0 Å². The van der Waals surface area contributed by atoms with Crippen molar-refractivity contribution in [3.63, 3.8) is 0 Å². The first-order chi connectivity index (χ1) is 8.61. The van der Waals surface area contributed by atoms with E-state index in [1.54, 1.807) is 0 Å². The molecule has 5 heteroatoms. The van der Waals surface area contributed by atoms with Crippen molar-refractivity contribution in [2.45, 2.75) is 39.5 Å². The van der Waals surface area contributed by atoms with Gasteiger partial charge in [-0.1, -0.05) is 13.8 Å². The van der Waals surface area contributed by atoms with Crippen LogP contribution in [-0.2, 0) is 4.79 Å². The Labute approximate surface area is 123 Å². The molecule has 4 nitrogen and oxygen atoms in total. The number of likely N-dealkylation sites (tertiary alicyclic amines) is 1. The SMILES string of the molecule is CC(C)CCN1CCC(CNC(=O)CCN)CC1.Cl. The van der Waals surface area contributed by atoms with E-state index in [-0.39, 0.29) is 18.3 Å². The molecule has 0 unspecified atom stereocenters. The molecule has 0 radical (unpaired) electrons. The van der Waals surface area contributed by atoms with Gasteiger partial charge in [0.25, 0.3) is 0 Å². The summed E-state index contributed by atoms with van der Waals surface area (Å²) in [7, 11) is 0. The minimum absolute atomic E-state index is 0. The largest absolute Gasteiger partial charge is 0.356 e. The van der Waals surface area contributed by atoms with Crippen LogP contribution >= 0.6 is 12.4 Å². The minimum Gasteiger partial charge on any atom is -0.356 e. The highest BCUT2D eigenvalue weighted by Gasteiger charge is 2.19. The molecule has 0 bridgehead atoms. The van der Waals surface area contributed by atoms with E-state index in [1.807, 2.05) is 0 Å². The molecule has 19 heavy (non-hydrogen) atoms. The predicted octanol–water partition coefficient (Wildman–Crippen LogP) is 1.63. The monoisotopic (exact) mass is 291 g/mol. The fourth-order valence-corrected chi connectivity index (χ4v) is 2.33. The van der Waals surface area contributed by atoms with E-state index in [1.165, 1.54) is 38.9 Å². The minimum atomic E-state index is 0. The van der Waals surface area contributed by atoms with Crippen molar-refractivity contribution in [3.05, 3.63) is 0 Å². The maximum atomic E-state index is 11.3. The molecule has 1 aliphatic rings. The number of hydrogen-bond acceptors (Lipinski definition) is 3. The zero-order valence-electron chi connectivity index (χ0n) is 12.4. The molecule has 114 valence electrons. The first-order valence-electron chi connectivity index (χ1n) is 7.31. The molecule has 0 aromatic heterocycles. The Morgan fingerprint density at radius 3 is 2.53 bits per heavy atom. The molecule has 1 rings (SSSR count). The molecular formula is C14H30ClN3O. The summed E-state index contributed by atoms with van der Waals surface area (Å²) >= 11 is 0. The van der Waals surface area contributed by atoms with Crippen molar-refractivity contribution in [3.8, 4) is 0 Å². The van der Waals surface area contributed by atoms with Crippen LogP contribution in [0.3, 0.4) is 0 Å². The molecule has 0 aliphatic carbocycles. The predicted molar refractivity (Wildman–Crippen MR) is 82.5 cm³/mol. The van der Waals surface area contributed by atoms with Crippen LogP contribution in [0, 0.1) is 11.8 Å². The quantitative estimate of drug-likeness (QED) is 0.750. The lowest BCUT2D eigenvalue weighted by molar-refractivity contribution is -0.121. The standard InChI is InChI=1S/C14H29N3O.ClH/c1-12(2)4-8-17-9-5-13(6-10-17)11-16-14(18)3-7-15;/h12-13H,3-11,15H2,1-2H3,(H,16,18);1H. The zero-order valence-corrected chi connectivity index (χ0v) is 13.2. The van der Waals surface area contributed by atoms with Crippen molar-refractivity contribution < 1.29 is 4.79 Å². The molecule has 1 aliphatic heterocycles. The topological polar surface area (TPSA) is 58.4 Å². The first-order valence-corrected chi connectivity index (χ1v) is 7.31. The van der Waals surface area contributed by atoms with Gasteiger partial charge in [-0.3, -0.25) is 4.79 Å². The molecule has 0 spiro atoms. The Balaban J connectivity index is 0.00000324. The number of halogens is 1. The third kappa shape index (κ3) is 8.45. The van der Waals surface area contributed by atoms with Gasteiger partial charge in [-0.2, -0.15) is 0 Å². The van der Waals surface area contributed by atoms with Gasteiger partial charge in [0.1, 0.15) is 0 Å². The molecule has 0 aromatic carbocycles. The highest BCUT2D eigenvalue weighted by atomic mass is 35.5. The smallest absolute Gasteiger partial charge is 0.221 e. The summed E-state index contributed by atoms with van der Waals surface area (Å²) in [5.74, 6) is 1.54. The van der Waals surface area contributed by atoms with E-state index in [2.05, 4.69) is 24.1 Å². The number of piperidine rings is 1. The van der Waals surface area contributed by atoms with Crippen molar-refractivity contribution in [2.24, 2.45) is 17.6 Å². The molecule has 1 amide bonds. The van der Waals surface area contributed by atoms with Gasteiger partial charge in [0.2, 0.25) is 5.91 Å². The number of nitrogens with two attached hydrogens (primary N) is 1. The van der Waals surface area contributed by atoms with E-state index in [4.69, 9.17) is 5.73 Å². The summed E-state index contributed by atoms with van der Waals surface area (Å²) in [6.07, 6.45) is 4.16. The number of nitrogens with one attached hydrogen (secondary N) is 1. The van der Waals surface area contributed by atoms with E-state index in [0.29, 0.717) is 18.9 Å². The van der Waals surface area contributed by atoms with E-state index in [0.717, 1.165) is 12.5 Å². The van der Waals surface area contributed by atoms with Gasteiger partial charge in [-0.05, 0) is 50.7 Å². The summed E-state index contributed by atoms with van der Waals surface area (Å²) in [6, 6.07) is 0. The average molecular weight is 292 g/mol. The van der Waals surface area contributed by atoms with Crippen molar-refractivity contribution in [1.82, 2.24) is 10.2 Å². The van der Waals surface area contributed by atoms with Crippen molar-refractivity contribution >= 4 is 18.3 Å². The summed E-state index contributed by atoms with van der Waals surface area (Å²) < 4.78 is 0. The number of hydrogen-bond donors (Lipinski definition) is 2. The average Bonchev–Trinajstić information content (AvgIpc) is 2.35. The number of carbonyl (C=O) groups is 1. The normalized spacial score (nSPS) is 17.3. The van der Waals surface area contributed by atoms with Crippen LogP contribution in [0.1, 0.15) is 39.5 Å². The number of carbonyl (C=O) groups excluding carboxylic acids is 1. The van der Waals surface area contributed by atoms with E-state index in [9.17, 15) is 4.79 Å². The van der Waals surface area contributed by atoms with Crippen LogP contribution in [0.5, 0.6) is 0 Å². The second-order valence-electron chi connectivity index (χ2n) is 5.81. The number of rotatable bonds is 7. The Hall–Kier alpha value is -0.320. The van der Waals surface area contributed by atoms with Crippen molar-refractivity contribution in [2.75, 3.05) is 32.7 Å². The fourth-order valence-electron chi connectivity index (χ4n) is 2.33. The number of nitrogens with zero attached hydrogens (tertiary/aromatic N) is 1. The Morgan fingerprint density at radius 1 is 1.37 bits per heavy atom. The van der Waals surface area contributed by atoms with Gasteiger partial charge >= 0.3 is 0 Å². The lowest BCUT2D eigenvalue weighted by Gasteiger charge is -2.32. The maximum Gasteiger partial charge on any atom is 0.221 e. The van der Waals surface area contributed by atoms with Crippen LogP contribution in [0.4, 0.5) is 0 Å². The number of amides is 1. The molecule has 0 atom stereocenters. The highest BCUT2D eigenvalue weighted by molar-refractivity contribution is 5.85. The third-order valence-electron chi connectivity index (χ3n) is 3.69. The zero-order chi connectivity index (χ0) is 13.4. The molecule has 1 saturated heterocycles. The van der Waals surface area contributed by atoms with Crippen LogP contribution in [0.15, 0.2) is 0 Å². The van der Waals surface area contributed by atoms with Gasteiger partial charge in [-0.25, -0.2) is 0 Å². The summed E-state index contributed by atoms with van der Waals surface area (Å²) in [5, 5.41) is 2.98. The third-order valence-corrected chi connectivity index (χ3v) is 3.69. The molecule has 0 saturated carbocycles. The Bertz CT molecular complexity index is 241. The second-order valence-corrected chi connectivity index (χ2v) is 5.81. The fraction of sp³-hybridized carbons (Fsp3) is 0.929. The van der Waals surface area contributed by atoms with Crippen molar-refractivity contribution in [1.29, 1.82) is 0 Å². The Morgan fingerprint density at radius 2 is 2.00 bits per heavy atom. The molecule has 0 aromatic rings. The summed E-state index contributed by atoms with van der Waals surface area (Å²) in [4.78, 5) is 13.9. The molecule has 3 N–H and O–H groups in total. The second kappa shape index (κ2) is 10.5. The maximum absolute atomic E-state index is 11.3. The van der Waals surface area contributed by atoms with Gasteiger partial charge in [0, 0.05) is 19.5 Å². The van der Waals surface area contributed by atoms with Gasteiger partial charge in [0.15, 0.2) is 0 Å². The molecule has 1 heterocycles. The summed E-state index contributed by atoms with van der Waals surface area (Å²) in [6.45, 7) is 9.42. The Kier molecular flexibility index (Phi) is 10.3. The highest BCUT2D eigenvalue weighted by Crippen LogP contribution is 2.17. The van der Waals surface area contributed by atoms with Crippen LogP contribution < -0.4 is 11.1 Å².